The molecule has 24 heavy (non-hydrogen) atoms. The minimum absolute atomic E-state index is 0.0616. The van der Waals surface area contributed by atoms with Crippen LogP contribution in [-0.2, 0) is 14.3 Å². The van der Waals surface area contributed by atoms with E-state index in [1.165, 1.54) is 13.2 Å². The van der Waals surface area contributed by atoms with Crippen LogP contribution in [0, 0.1) is 0 Å². The Kier molecular flexibility index (Phi) is 4.29. The molecule has 2 aromatic carbocycles. The van der Waals surface area contributed by atoms with Crippen molar-refractivity contribution in [3.63, 3.8) is 0 Å². The Morgan fingerprint density at radius 3 is 2.00 bits per heavy atom. The first-order valence-electron chi connectivity index (χ1n) is 7.44. The normalized spacial score (nSPS) is 14.5. The molecule has 1 aliphatic rings. The maximum absolute atomic E-state index is 12.8. The predicted octanol–water partition coefficient (Wildman–Crippen LogP) is 3.29. The molecule has 4 nitrogen and oxygen atoms in total. The minimum atomic E-state index is -0.297. The lowest BCUT2D eigenvalue weighted by Crippen LogP contribution is -2.19. The lowest BCUT2D eigenvalue weighted by Gasteiger charge is -2.18. The molecule has 0 heterocycles. The summed E-state index contributed by atoms with van der Waals surface area (Å²) in [5.41, 5.74) is 1.92. The van der Waals surface area contributed by atoms with Crippen LogP contribution in [0.2, 0.25) is 0 Å². The molecule has 1 aliphatic carbocycles. The van der Waals surface area contributed by atoms with E-state index in [1.807, 2.05) is 18.2 Å². The van der Waals surface area contributed by atoms with Gasteiger partial charge in [-0.3, -0.25) is 9.59 Å². The Bertz CT molecular complexity index is 843. The molecule has 0 aliphatic heterocycles. The molecule has 0 atom stereocenters. The SMILES string of the molecule is COC1=C(c2ccc(OC)cc2)C(=O)C=C(c2ccccc2)C1=O. The van der Waals surface area contributed by atoms with Crippen molar-refractivity contribution in [2.45, 2.75) is 0 Å². The largest absolute Gasteiger partial charge is 0.497 e. The minimum Gasteiger partial charge on any atom is -0.497 e. The zero-order chi connectivity index (χ0) is 17.1. The number of methoxy groups -OCH3 is 2. The molecule has 0 saturated heterocycles. The van der Waals surface area contributed by atoms with E-state index in [9.17, 15) is 9.59 Å². The third-order valence-electron chi connectivity index (χ3n) is 3.87. The number of rotatable bonds is 4. The maximum Gasteiger partial charge on any atom is 0.229 e. The molecule has 0 N–H and O–H groups in total. The van der Waals surface area contributed by atoms with E-state index in [2.05, 4.69) is 0 Å². The zero-order valence-electron chi connectivity index (χ0n) is 13.4. The predicted molar refractivity (Wildman–Crippen MR) is 91.4 cm³/mol. The van der Waals surface area contributed by atoms with Gasteiger partial charge in [-0.2, -0.15) is 0 Å². The van der Waals surface area contributed by atoms with E-state index in [0.29, 0.717) is 22.4 Å². The number of carbonyl (C=O) groups is 2. The molecule has 0 radical (unpaired) electrons. The van der Waals surface area contributed by atoms with Crippen molar-refractivity contribution in [2.24, 2.45) is 0 Å². The molecule has 0 saturated carbocycles. The topological polar surface area (TPSA) is 52.6 Å². The average molecular weight is 320 g/mol. The summed E-state index contributed by atoms with van der Waals surface area (Å²) >= 11 is 0. The van der Waals surface area contributed by atoms with Gasteiger partial charge in [-0.15, -0.1) is 0 Å². The summed E-state index contributed by atoms with van der Waals surface area (Å²) in [6, 6.07) is 16.0. The fourth-order valence-corrected chi connectivity index (χ4v) is 2.67. The van der Waals surface area contributed by atoms with E-state index >= 15 is 0 Å². The summed E-state index contributed by atoms with van der Waals surface area (Å²) in [6.07, 6.45) is 1.37. The summed E-state index contributed by atoms with van der Waals surface area (Å²) in [5, 5.41) is 0. The van der Waals surface area contributed by atoms with Crippen LogP contribution in [0.4, 0.5) is 0 Å². The molecule has 0 bridgehead atoms. The zero-order valence-corrected chi connectivity index (χ0v) is 13.4. The molecular formula is C20H16O4. The van der Waals surface area contributed by atoms with E-state index in [4.69, 9.17) is 9.47 Å². The van der Waals surface area contributed by atoms with Crippen LogP contribution in [-0.4, -0.2) is 25.8 Å². The van der Waals surface area contributed by atoms with Gasteiger partial charge in [0.05, 0.1) is 19.8 Å². The molecule has 0 spiro atoms. The highest BCUT2D eigenvalue weighted by Crippen LogP contribution is 2.32. The molecule has 4 heteroatoms. The Labute approximate surface area is 140 Å². The van der Waals surface area contributed by atoms with Gasteiger partial charge in [-0.25, -0.2) is 0 Å². The van der Waals surface area contributed by atoms with Gasteiger partial charge in [0.25, 0.3) is 0 Å². The second kappa shape index (κ2) is 6.54. The first kappa shape index (κ1) is 15.7. The third-order valence-corrected chi connectivity index (χ3v) is 3.87. The van der Waals surface area contributed by atoms with E-state index in [0.717, 1.165) is 0 Å². The monoisotopic (exact) mass is 320 g/mol. The van der Waals surface area contributed by atoms with E-state index < -0.39 is 0 Å². The molecule has 0 aromatic heterocycles. The quantitative estimate of drug-likeness (QED) is 0.811. The smallest absolute Gasteiger partial charge is 0.229 e. The van der Waals surface area contributed by atoms with Crippen LogP contribution in [0.5, 0.6) is 5.75 Å². The second-order valence-corrected chi connectivity index (χ2v) is 5.25. The summed E-state index contributed by atoms with van der Waals surface area (Å²) in [7, 11) is 2.97. The highest BCUT2D eigenvalue weighted by Gasteiger charge is 2.31. The molecule has 2 aromatic rings. The first-order valence-corrected chi connectivity index (χ1v) is 7.44. The van der Waals surface area contributed by atoms with Crippen molar-refractivity contribution >= 4 is 22.7 Å². The fraction of sp³-hybridized carbons (Fsp3) is 0.100. The van der Waals surface area contributed by atoms with Crippen molar-refractivity contribution < 1.29 is 19.1 Å². The molecule has 120 valence electrons. The lowest BCUT2D eigenvalue weighted by molar-refractivity contribution is -0.115. The Morgan fingerprint density at radius 2 is 1.42 bits per heavy atom. The van der Waals surface area contributed by atoms with Crippen molar-refractivity contribution in [1.29, 1.82) is 0 Å². The van der Waals surface area contributed by atoms with Crippen LogP contribution in [0.3, 0.4) is 0 Å². The number of ether oxygens (including phenoxy) is 2. The number of hydrogen-bond donors (Lipinski definition) is 0. The van der Waals surface area contributed by atoms with Crippen LogP contribution in [0.25, 0.3) is 11.1 Å². The number of hydrogen-bond acceptors (Lipinski definition) is 4. The van der Waals surface area contributed by atoms with Gasteiger partial charge in [0.15, 0.2) is 11.5 Å². The Morgan fingerprint density at radius 1 is 0.750 bits per heavy atom. The van der Waals surface area contributed by atoms with Crippen LogP contribution in [0.15, 0.2) is 66.4 Å². The number of carbonyl (C=O) groups excluding carboxylic acids is 2. The second-order valence-electron chi connectivity index (χ2n) is 5.25. The van der Waals surface area contributed by atoms with Gasteiger partial charge < -0.3 is 9.47 Å². The molecule has 0 amide bonds. The third kappa shape index (κ3) is 2.74. The summed E-state index contributed by atoms with van der Waals surface area (Å²) in [4.78, 5) is 25.4. The highest BCUT2D eigenvalue weighted by atomic mass is 16.5. The van der Waals surface area contributed by atoms with E-state index in [1.54, 1.807) is 43.5 Å². The maximum atomic E-state index is 12.8. The molecule has 3 rings (SSSR count). The molecule has 0 fully saturated rings. The Hall–Kier alpha value is -3.14. The Balaban J connectivity index is 2.07. The van der Waals surface area contributed by atoms with E-state index in [-0.39, 0.29) is 22.9 Å². The first-order chi connectivity index (χ1) is 11.7. The van der Waals surface area contributed by atoms with Gasteiger partial charge in [0, 0.05) is 5.57 Å². The van der Waals surface area contributed by atoms with Gasteiger partial charge >= 0.3 is 0 Å². The van der Waals surface area contributed by atoms with Crippen molar-refractivity contribution in [2.75, 3.05) is 14.2 Å². The van der Waals surface area contributed by atoms with Gasteiger partial charge in [0.2, 0.25) is 5.78 Å². The van der Waals surface area contributed by atoms with Crippen LogP contribution >= 0.6 is 0 Å². The summed E-state index contributed by atoms with van der Waals surface area (Å²) in [6.45, 7) is 0. The van der Waals surface area contributed by atoms with Gasteiger partial charge in [-0.05, 0) is 29.3 Å². The number of ketones is 2. The summed E-state index contributed by atoms with van der Waals surface area (Å²) in [5.74, 6) is 0.185. The number of Topliss-reactive ketones (excluding diaryl/α,β-unsaturated/α-hetero) is 1. The average Bonchev–Trinajstić information content (AvgIpc) is 2.64. The van der Waals surface area contributed by atoms with Crippen molar-refractivity contribution in [3.8, 4) is 5.75 Å². The lowest BCUT2D eigenvalue weighted by atomic mass is 9.87. The van der Waals surface area contributed by atoms with Crippen molar-refractivity contribution in [1.82, 2.24) is 0 Å². The van der Waals surface area contributed by atoms with Crippen LogP contribution in [0.1, 0.15) is 11.1 Å². The number of benzene rings is 2. The van der Waals surface area contributed by atoms with Crippen molar-refractivity contribution in [3.05, 3.63) is 77.6 Å². The van der Waals surface area contributed by atoms with Crippen LogP contribution < -0.4 is 4.74 Å². The number of allylic oxidation sites excluding steroid dienone is 3. The fourth-order valence-electron chi connectivity index (χ4n) is 2.67. The molecule has 0 unspecified atom stereocenters. The summed E-state index contributed by atoms with van der Waals surface area (Å²) < 4.78 is 10.4. The molecular weight excluding hydrogens is 304 g/mol. The van der Waals surface area contributed by atoms with Gasteiger partial charge in [-0.1, -0.05) is 42.5 Å². The van der Waals surface area contributed by atoms with Gasteiger partial charge in [0.1, 0.15) is 5.75 Å². The highest BCUT2D eigenvalue weighted by molar-refractivity contribution is 6.45. The standard InChI is InChI=1S/C20H16O4/c1-23-15-10-8-14(9-11-15)18-17(21)12-16(19(22)20(18)24-2)13-6-4-3-5-7-13/h3-12H,1-2H3.